The summed E-state index contributed by atoms with van der Waals surface area (Å²) in [6.45, 7) is 2.18. The number of anilines is 1. The molecule has 1 aliphatic heterocycles. The Morgan fingerprint density at radius 2 is 1.79 bits per heavy atom. The first-order valence-corrected chi connectivity index (χ1v) is 12.8. The summed E-state index contributed by atoms with van der Waals surface area (Å²) in [5.74, 6) is -1.03. The minimum absolute atomic E-state index is 0.0656. The van der Waals surface area contributed by atoms with Crippen molar-refractivity contribution < 1.29 is 28.2 Å². The van der Waals surface area contributed by atoms with Crippen LogP contribution in [0.3, 0.4) is 0 Å². The van der Waals surface area contributed by atoms with E-state index in [0.29, 0.717) is 17.0 Å². The van der Waals surface area contributed by atoms with E-state index in [0.717, 1.165) is 17.3 Å². The number of amidine groups is 1. The molecule has 3 aromatic rings. The molecule has 38 heavy (non-hydrogen) atoms. The van der Waals surface area contributed by atoms with Crippen LogP contribution in [0.1, 0.15) is 29.3 Å². The fraction of sp³-hybridized carbons (Fsp3) is 0.214. The third-order valence-corrected chi connectivity index (χ3v) is 6.85. The van der Waals surface area contributed by atoms with E-state index >= 15 is 0 Å². The van der Waals surface area contributed by atoms with Crippen molar-refractivity contribution in [2.45, 2.75) is 25.1 Å². The van der Waals surface area contributed by atoms with Gasteiger partial charge >= 0.3 is 5.97 Å². The van der Waals surface area contributed by atoms with Crippen LogP contribution in [0.25, 0.3) is 0 Å². The molecule has 1 atom stereocenters. The van der Waals surface area contributed by atoms with E-state index in [1.54, 1.807) is 62.6 Å². The molecule has 3 aromatic carbocycles. The monoisotopic (exact) mass is 535 g/mol. The summed E-state index contributed by atoms with van der Waals surface area (Å²) in [7, 11) is 1.57. The third-order valence-electron chi connectivity index (χ3n) is 5.66. The second kappa shape index (κ2) is 12.4. The van der Waals surface area contributed by atoms with Crippen LogP contribution in [0.5, 0.6) is 5.75 Å². The molecule has 0 bridgehead atoms. The number of nitrogens with one attached hydrogen (secondary N) is 1. The molecule has 1 heterocycles. The summed E-state index contributed by atoms with van der Waals surface area (Å²) < 4.78 is 24.6. The van der Waals surface area contributed by atoms with E-state index in [1.807, 2.05) is 12.1 Å². The van der Waals surface area contributed by atoms with Crippen LogP contribution in [0.4, 0.5) is 15.8 Å². The summed E-state index contributed by atoms with van der Waals surface area (Å²) in [5, 5.41) is 2.21. The van der Waals surface area contributed by atoms with Gasteiger partial charge in [0.05, 0.1) is 25.8 Å². The van der Waals surface area contributed by atoms with Gasteiger partial charge in [0.1, 0.15) is 22.5 Å². The number of nitrogens with zero attached hydrogens (tertiary/aromatic N) is 2. The highest BCUT2D eigenvalue weighted by atomic mass is 32.2. The lowest BCUT2D eigenvalue weighted by molar-refractivity contribution is -0.129. The van der Waals surface area contributed by atoms with Gasteiger partial charge < -0.3 is 14.8 Å². The third kappa shape index (κ3) is 6.57. The highest BCUT2D eigenvalue weighted by Gasteiger charge is 2.36. The van der Waals surface area contributed by atoms with Gasteiger partial charge in [-0.3, -0.25) is 14.5 Å². The van der Waals surface area contributed by atoms with E-state index in [-0.39, 0.29) is 36.3 Å². The lowest BCUT2D eigenvalue weighted by atomic mass is 10.1. The second-order valence-corrected chi connectivity index (χ2v) is 9.44. The zero-order valence-corrected chi connectivity index (χ0v) is 21.7. The molecule has 1 N–H and O–H groups in total. The number of esters is 1. The van der Waals surface area contributed by atoms with Gasteiger partial charge in [-0.25, -0.2) is 14.2 Å². The van der Waals surface area contributed by atoms with Crippen molar-refractivity contribution in [1.82, 2.24) is 4.90 Å². The summed E-state index contributed by atoms with van der Waals surface area (Å²) in [5.41, 5.74) is 1.72. The molecular formula is C28H26FN3O5S. The maximum atomic E-state index is 14.4. The van der Waals surface area contributed by atoms with Gasteiger partial charge in [0, 0.05) is 12.1 Å². The molecule has 2 amide bonds. The number of hydrogen-bond acceptors (Lipinski definition) is 7. The molecule has 0 aromatic heterocycles. The van der Waals surface area contributed by atoms with Crippen LogP contribution in [0, 0.1) is 5.82 Å². The Hall–Kier alpha value is -4.18. The molecule has 0 spiro atoms. The molecule has 0 aliphatic carbocycles. The Morgan fingerprint density at radius 1 is 1.08 bits per heavy atom. The predicted octanol–water partition coefficient (Wildman–Crippen LogP) is 5.17. The fourth-order valence-corrected chi connectivity index (χ4v) is 4.77. The van der Waals surface area contributed by atoms with Gasteiger partial charge in [-0.15, -0.1) is 0 Å². The number of hydrogen-bond donors (Lipinski definition) is 1. The number of rotatable bonds is 8. The zero-order valence-electron chi connectivity index (χ0n) is 20.8. The maximum Gasteiger partial charge on any atom is 0.338 e. The van der Waals surface area contributed by atoms with Crippen LogP contribution >= 0.6 is 11.8 Å². The number of carbonyl (C=O) groups excluding carboxylic acids is 3. The molecular weight excluding hydrogens is 509 g/mol. The number of carbonyl (C=O) groups is 3. The quantitative estimate of drug-likeness (QED) is 0.400. The van der Waals surface area contributed by atoms with Crippen LogP contribution in [-0.2, 0) is 20.9 Å². The Kier molecular flexibility index (Phi) is 8.75. The highest BCUT2D eigenvalue weighted by Crippen LogP contribution is 2.32. The lowest BCUT2D eigenvalue weighted by Gasteiger charge is -2.32. The molecule has 0 saturated carbocycles. The summed E-state index contributed by atoms with van der Waals surface area (Å²) in [6.07, 6.45) is -0.0656. The number of benzene rings is 3. The molecule has 196 valence electrons. The molecule has 8 nitrogen and oxygen atoms in total. The van der Waals surface area contributed by atoms with Gasteiger partial charge in [0.25, 0.3) is 0 Å². The van der Waals surface area contributed by atoms with Crippen molar-refractivity contribution in [3.8, 4) is 5.75 Å². The van der Waals surface area contributed by atoms with E-state index in [9.17, 15) is 18.8 Å². The zero-order chi connectivity index (χ0) is 27.1. The van der Waals surface area contributed by atoms with Crippen molar-refractivity contribution >= 4 is 46.1 Å². The Labute approximate surface area is 223 Å². The maximum absolute atomic E-state index is 14.4. The average molecular weight is 536 g/mol. The lowest BCUT2D eigenvalue weighted by Crippen LogP contribution is -2.44. The molecule has 1 fully saturated rings. The Balaban J connectivity index is 1.54. The van der Waals surface area contributed by atoms with Crippen molar-refractivity contribution in [2.75, 3.05) is 19.0 Å². The average Bonchev–Trinajstić information content (AvgIpc) is 2.92. The number of methoxy groups -OCH3 is 1. The largest absolute Gasteiger partial charge is 0.497 e. The standard InChI is InChI=1S/C28H26FN3O5S/c1-3-37-27(35)19-10-12-20(13-11-19)30-26(34)24-16-25(33)32(17-18-8-14-21(36-2)15-9-18)28(38-24)31-23-7-5-4-6-22(23)29/h4-15,24H,3,16-17H2,1-2H3,(H,30,34). The normalized spacial score (nSPS) is 16.3. The molecule has 1 unspecified atom stereocenters. The minimum atomic E-state index is -0.787. The van der Waals surface area contributed by atoms with Crippen LogP contribution < -0.4 is 10.1 Å². The molecule has 10 heteroatoms. The summed E-state index contributed by atoms with van der Waals surface area (Å²) >= 11 is 1.09. The van der Waals surface area contributed by atoms with E-state index in [1.165, 1.54) is 17.0 Å². The van der Waals surface area contributed by atoms with Crippen LogP contribution in [-0.4, -0.2) is 46.8 Å². The van der Waals surface area contributed by atoms with E-state index in [2.05, 4.69) is 10.3 Å². The van der Waals surface area contributed by atoms with Gasteiger partial charge in [-0.2, -0.15) is 0 Å². The predicted molar refractivity (Wildman–Crippen MR) is 144 cm³/mol. The first-order valence-electron chi connectivity index (χ1n) is 11.9. The first-order chi connectivity index (χ1) is 18.4. The van der Waals surface area contributed by atoms with Crippen molar-refractivity contribution in [1.29, 1.82) is 0 Å². The van der Waals surface area contributed by atoms with E-state index in [4.69, 9.17) is 9.47 Å². The van der Waals surface area contributed by atoms with Gasteiger partial charge in [0.2, 0.25) is 11.8 Å². The molecule has 0 radical (unpaired) electrons. The van der Waals surface area contributed by atoms with E-state index < -0.39 is 22.9 Å². The number of halogens is 1. The first kappa shape index (κ1) is 26.9. The summed E-state index contributed by atoms with van der Waals surface area (Å²) in [6, 6.07) is 19.5. The van der Waals surface area contributed by atoms with Gasteiger partial charge in [-0.1, -0.05) is 36.0 Å². The van der Waals surface area contributed by atoms with Crippen molar-refractivity contribution in [3.63, 3.8) is 0 Å². The SMILES string of the molecule is CCOC(=O)c1ccc(NC(=O)C2CC(=O)N(Cc3ccc(OC)cc3)C(=Nc3ccccc3F)S2)cc1. The van der Waals surface area contributed by atoms with Crippen LogP contribution in [0.2, 0.25) is 0 Å². The smallest absolute Gasteiger partial charge is 0.338 e. The van der Waals surface area contributed by atoms with Gasteiger partial charge in [-0.05, 0) is 61.0 Å². The number of para-hydroxylation sites is 1. The number of amides is 2. The summed E-state index contributed by atoms with van der Waals surface area (Å²) in [4.78, 5) is 44.1. The Bertz CT molecular complexity index is 1350. The van der Waals surface area contributed by atoms with Gasteiger partial charge in [0.15, 0.2) is 5.17 Å². The minimum Gasteiger partial charge on any atom is -0.497 e. The van der Waals surface area contributed by atoms with Crippen molar-refractivity contribution in [3.05, 3.63) is 89.7 Å². The molecule has 4 rings (SSSR count). The second-order valence-electron chi connectivity index (χ2n) is 8.27. The topological polar surface area (TPSA) is 97.3 Å². The highest BCUT2D eigenvalue weighted by molar-refractivity contribution is 8.15. The number of thioether (sulfide) groups is 1. The number of aliphatic imine (C=N–C) groups is 1. The molecule has 1 aliphatic rings. The number of ether oxygens (including phenoxy) is 2. The Morgan fingerprint density at radius 3 is 2.45 bits per heavy atom. The molecule has 1 saturated heterocycles. The van der Waals surface area contributed by atoms with Crippen LogP contribution in [0.15, 0.2) is 77.8 Å². The fourth-order valence-electron chi connectivity index (χ4n) is 3.68. The van der Waals surface area contributed by atoms with Crippen molar-refractivity contribution in [2.24, 2.45) is 4.99 Å².